The SMILES string of the molecule is CCCCCCCCN(C(=O)c1ccco1)S(=O)(=O)O. The summed E-state index contributed by atoms with van der Waals surface area (Å²) in [7, 11) is -4.56. The summed E-state index contributed by atoms with van der Waals surface area (Å²) >= 11 is 0. The van der Waals surface area contributed by atoms with Gasteiger partial charge in [-0.15, -0.1) is 0 Å². The van der Waals surface area contributed by atoms with Gasteiger partial charge in [0.15, 0.2) is 5.76 Å². The van der Waals surface area contributed by atoms with Gasteiger partial charge in [-0.2, -0.15) is 8.42 Å². The van der Waals surface area contributed by atoms with Crippen molar-refractivity contribution in [2.75, 3.05) is 6.54 Å². The molecule has 20 heavy (non-hydrogen) atoms. The first-order chi connectivity index (χ1) is 9.46. The Morgan fingerprint density at radius 2 is 1.90 bits per heavy atom. The first-order valence-corrected chi connectivity index (χ1v) is 8.19. The van der Waals surface area contributed by atoms with E-state index in [1.165, 1.54) is 18.4 Å². The number of carbonyl (C=O) groups excluding carboxylic acids is 1. The highest BCUT2D eigenvalue weighted by Gasteiger charge is 2.27. The molecule has 7 heteroatoms. The van der Waals surface area contributed by atoms with E-state index in [0.717, 1.165) is 32.1 Å². The molecular weight excluding hydrogens is 282 g/mol. The first-order valence-electron chi connectivity index (χ1n) is 6.79. The fourth-order valence-electron chi connectivity index (χ4n) is 1.88. The molecule has 0 bridgehead atoms. The van der Waals surface area contributed by atoms with E-state index in [4.69, 9.17) is 8.97 Å². The Bertz CT molecular complexity index is 495. The number of carbonyl (C=O) groups is 1. The maximum Gasteiger partial charge on any atom is 0.362 e. The molecule has 0 saturated carbocycles. The van der Waals surface area contributed by atoms with Crippen LogP contribution < -0.4 is 0 Å². The Morgan fingerprint density at radius 1 is 1.25 bits per heavy atom. The Morgan fingerprint density at radius 3 is 2.45 bits per heavy atom. The number of amides is 1. The highest BCUT2D eigenvalue weighted by molar-refractivity contribution is 7.84. The normalized spacial score (nSPS) is 11.5. The maximum atomic E-state index is 11.9. The minimum absolute atomic E-state index is 0.0372. The molecule has 114 valence electrons. The Labute approximate surface area is 119 Å². The van der Waals surface area contributed by atoms with Gasteiger partial charge in [-0.3, -0.25) is 9.35 Å². The molecule has 0 aliphatic carbocycles. The second-order valence-electron chi connectivity index (χ2n) is 4.60. The first kappa shape index (κ1) is 16.7. The van der Waals surface area contributed by atoms with E-state index < -0.39 is 16.2 Å². The molecule has 1 aromatic rings. The van der Waals surface area contributed by atoms with Crippen molar-refractivity contribution in [2.24, 2.45) is 0 Å². The number of unbranched alkanes of at least 4 members (excludes halogenated alkanes) is 5. The molecule has 1 rings (SSSR count). The fourth-order valence-corrected chi connectivity index (χ4v) is 2.54. The summed E-state index contributed by atoms with van der Waals surface area (Å²) in [6, 6.07) is 2.85. The summed E-state index contributed by atoms with van der Waals surface area (Å²) in [5.41, 5.74) is 0. The van der Waals surface area contributed by atoms with Gasteiger partial charge in [-0.1, -0.05) is 39.0 Å². The van der Waals surface area contributed by atoms with Crippen LogP contribution in [0.1, 0.15) is 56.0 Å². The summed E-state index contributed by atoms with van der Waals surface area (Å²) in [5, 5.41) is 0. The van der Waals surface area contributed by atoms with Crippen LogP contribution in [0.3, 0.4) is 0 Å². The van der Waals surface area contributed by atoms with E-state index in [1.807, 2.05) is 0 Å². The molecule has 1 amide bonds. The largest absolute Gasteiger partial charge is 0.459 e. The van der Waals surface area contributed by atoms with Crippen molar-refractivity contribution in [2.45, 2.75) is 45.4 Å². The molecular formula is C13H21NO5S. The van der Waals surface area contributed by atoms with Crippen molar-refractivity contribution in [3.8, 4) is 0 Å². The minimum atomic E-state index is -4.56. The van der Waals surface area contributed by atoms with Crippen LogP contribution in [0.15, 0.2) is 22.8 Å². The third-order valence-corrected chi connectivity index (χ3v) is 3.86. The van der Waals surface area contributed by atoms with Gasteiger partial charge >= 0.3 is 16.2 Å². The molecule has 0 unspecified atom stereocenters. The van der Waals surface area contributed by atoms with Crippen molar-refractivity contribution in [1.29, 1.82) is 0 Å². The zero-order valence-electron chi connectivity index (χ0n) is 11.6. The molecule has 0 aliphatic heterocycles. The smallest absolute Gasteiger partial charge is 0.362 e. The lowest BCUT2D eigenvalue weighted by molar-refractivity contribution is 0.0819. The third kappa shape index (κ3) is 5.34. The van der Waals surface area contributed by atoms with E-state index in [-0.39, 0.29) is 12.3 Å². The molecule has 0 aliphatic rings. The maximum absolute atomic E-state index is 11.9. The van der Waals surface area contributed by atoms with Gasteiger partial charge in [0.05, 0.1) is 6.26 Å². The quantitative estimate of drug-likeness (QED) is 0.560. The highest BCUT2D eigenvalue weighted by atomic mass is 32.2. The number of nitrogens with zero attached hydrogens (tertiary/aromatic N) is 1. The van der Waals surface area contributed by atoms with Crippen molar-refractivity contribution >= 4 is 16.2 Å². The number of furan rings is 1. The standard InChI is InChI=1S/C13H21NO5S/c1-2-3-4-5-6-7-10-14(20(16,17)18)13(15)12-9-8-11-19-12/h8-9,11H,2-7,10H2,1H3,(H,16,17,18). The van der Waals surface area contributed by atoms with Crippen molar-refractivity contribution < 1.29 is 22.2 Å². The monoisotopic (exact) mass is 303 g/mol. The molecule has 0 atom stereocenters. The molecule has 0 spiro atoms. The fraction of sp³-hybridized carbons (Fsp3) is 0.615. The van der Waals surface area contributed by atoms with Gasteiger partial charge in [0.25, 0.3) is 0 Å². The third-order valence-electron chi connectivity index (χ3n) is 2.95. The molecule has 0 radical (unpaired) electrons. The van der Waals surface area contributed by atoms with Crippen LogP contribution in [0.25, 0.3) is 0 Å². The van der Waals surface area contributed by atoms with Crippen LogP contribution in [0.2, 0.25) is 0 Å². The topological polar surface area (TPSA) is 87.8 Å². The van der Waals surface area contributed by atoms with Gasteiger partial charge in [0, 0.05) is 6.54 Å². The lowest BCUT2D eigenvalue weighted by Crippen LogP contribution is -2.37. The van der Waals surface area contributed by atoms with Crippen LogP contribution in [-0.2, 0) is 10.3 Å². The number of rotatable bonds is 9. The zero-order chi connectivity index (χ0) is 15.0. The molecule has 0 saturated heterocycles. The van der Waals surface area contributed by atoms with Crippen LogP contribution in [0.4, 0.5) is 0 Å². The molecule has 0 fully saturated rings. The van der Waals surface area contributed by atoms with Crippen molar-refractivity contribution in [1.82, 2.24) is 4.31 Å². The predicted molar refractivity (Wildman–Crippen MR) is 74.7 cm³/mol. The van der Waals surface area contributed by atoms with Crippen molar-refractivity contribution in [3.05, 3.63) is 24.2 Å². The number of hydrogen-bond acceptors (Lipinski definition) is 4. The average molecular weight is 303 g/mol. The summed E-state index contributed by atoms with van der Waals surface area (Å²) in [5.74, 6) is -0.945. The summed E-state index contributed by atoms with van der Waals surface area (Å²) in [4.78, 5) is 11.9. The van der Waals surface area contributed by atoms with Gasteiger partial charge in [0.1, 0.15) is 0 Å². The summed E-state index contributed by atoms with van der Waals surface area (Å²) in [6.45, 7) is 2.08. The lowest BCUT2D eigenvalue weighted by Gasteiger charge is -2.17. The molecule has 6 nitrogen and oxygen atoms in total. The summed E-state index contributed by atoms with van der Waals surface area (Å²) in [6.07, 6.45) is 6.98. The van der Waals surface area contributed by atoms with E-state index in [9.17, 15) is 13.2 Å². The van der Waals surface area contributed by atoms with E-state index in [2.05, 4.69) is 6.92 Å². The van der Waals surface area contributed by atoms with Crippen molar-refractivity contribution in [3.63, 3.8) is 0 Å². The zero-order valence-corrected chi connectivity index (χ0v) is 12.4. The van der Waals surface area contributed by atoms with Crippen LogP contribution in [0, 0.1) is 0 Å². The van der Waals surface area contributed by atoms with Gasteiger partial charge in [-0.05, 0) is 18.6 Å². The Hall–Kier alpha value is -1.34. The minimum Gasteiger partial charge on any atom is -0.459 e. The van der Waals surface area contributed by atoms with E-state index in [0.29, 0.717) is 10.7 Å². The van der Waals surface area contributed by atoms with Gasteiger partial charge < -0.3 is 4.42 Å². The Kier molecular flexibility index (Phi) is 6.74. The second kappa shape index (κ2) is 8.06. The molecule has 0 aromatic carbocycles. The molecule has 1 aromatic heterocycles. The highest BCUT2D eigenvalue weighted by Crippen LogP contribution is 2.12. The van der Waals surface area contributed by atoms with Crippen LogP contribution in [-0.4, -0.2) is 29.7 Å². The predicted octanol–water partition coefficient (Wildman–Crippen LogP) is 2.89. The average Bonchev–Trinajstić information content (AvgIpc) is 2.89. The van der Waals surface area contributed by atoms with Crippen LogP contribution >= 0.6 is 0 Å². The van der Waals surface area contributed by atoms with Gasteiger partial charge in [-0.25, -0.2) is 4.31 Å². The number of hydrogen-bond donors (Lipinski definition) is 1. The lowest BCUT2D eigenvalue weighted by atomic mass is 10.1. The van der Waals surface area contributed by atoms with Gasteiger partial charge in [0.2, 0.25) is 0 Å². The van der Waals surface area contributed by atoms with E-state index >= 15 is 0 Å². The molecule has 1 N–H and O–H groups in total. The Balaban J connectivity index is 2.52. The molecule has 1 heterocycles. The second-order valence-corrected chi connectivity index (χ2v) is 5.94. The van der Waals surface area contributed by atoms with Crippen LogP contribution in [0.5, 0.6) is 0 Å². The summed E-state index contributed by atoms with van der Waals surface area (Å²) < 4.78 is 36.9. The van der Waals surface area contributed by atoms with E-state index in [1.54, 1.807) is 0 Å².